The second-order valence-corrected chi connectivity index (χ2v) is 5.12. The molecule has 1 unspecified atom stereocenters. The molecule has 0 saturated heterocycles. The van der Waals surface area contributed by atoms with E-state index < -0.39 is 5.60 Å². The average molecular weight is 249 g/mol. The fraction of sp³-hybridized carbons (Fsp3) is 0.600. The van der Waals surface area contributed by atoms with Crippen LogP contribution in [-0.2, 0) is 12.0 Å². The number of fused-ring (bicyclic) bond motifs is 1. The summed E-state index contributed by atoms with van der Waals surface area (Å²) in [6.07, 6.45) is 2.81. The Balaban J connectivity index is 2.21. The second-order valence-electron chi connectivity index (χ2n) is 5.12. The molecule has 1 heterocycles. The lowest BCUT2D eigenvalue weighted by Crippen LogP contribution is -2.29. The smallest absolute Gasteiger partial charge is 0.128 e. The predicted molar refractivity (Wildman–Crippen MR) is 73.0 cm³/mol. The number of aliphatic hydroxyl groups is 1. The molecule has 0 aliphatic carbocycles. The van der Waals surface area contributed by atoms with Gasteiger partial charge in [0.25, 0.3) is 0 Å². The highest BCUT2D eigenvalue weighted by molar-refractivity contribution is 5.45. The number of rotatable bonds is 5. The predicted octanol–water partition coefficient (Wildman–Crippen LogP) is 2.22. The van der Waals surface area contributed by atoms with Gasteiger partial charge >= 0.3 is 0 Å². The topological polar surface area (TPSA) is 41.5 Å². The van der Waals surface area contributed by atoms with Gasteiger partial charge in [0.15, 0.2) is 0 Å². The van der Waals surface area contributed by atoms with Crippen molar-refractivity contribution in [1.82, 2.24) is 5.32 Å². The van der Waals surface area contributed by atoms with E-state index in [0.29, 0.717) is 6.42 Å². The lowest BCUT2D eigenvalue weighted by atomic mass is 9.88. The van der Waals surface area contributed by atoms with Gasteiger partial charge < -0.3 is 15.2 Å². The first kappa shape index (κ1) is 13.4. The van der Waals surface area contributed by atoms with Crippen LogP contribution in [0, 0.1) is 0 Å². The fourth-order valence-corrected chi connectivity index (χ4v) is 2.46. The Labute approximate surface area is 109 Å². The zero-order valence-electron chi connectivity index (χ0n) is 11.3. The van der Waals surface area contributed by atoms with Crippen molar-refractivity contribution in [2.45, 2.75) is 38.7 Å². The summed E-state index contributed by atoms with van der Waals surface area (Å²) < 4.78 is 5.77. The van der Waals surface area contributed by atoms with E-state index in [-0.39, 0.29) is 0 Å². The van der Waals surface area contributed by atoms with Crippen LogP contribution in [0.5, 0.6) is 5.75 Å². The molecule has 0 bridgehead atoms. The van der Waals surface area contributed by atoms with Gasteiger partial charge in [-0.05, 0) is 44.8 Å². The van der Waals surface area contributed by atoms with Gasteiger partial charge in [-0.2, -0.15) is 0 Å². The molecule has 2 N–H and O–H groups in total. The summed E-state index contributed by atoms with van der Waals surface area (Å²) in [6, 6.07) is 6.10. The SMILES string of the molecule is CCNCCC(C)(O)c1cccc2c1OCCC2. The number of para-hydroxylation sites is 1. The largest absolute Gasteiger partial charge is 0.493 e. The highest BCUT2D eigenvalue weighted by atomic mass is 16.5. The highest BCUT2D eigenvalue weighted by Crippen LogP contribution is 2.37. The van der Waals surface area contributed by atoms with Crippen LogP contribution in [0.3, 0.4) is 0 Å². The molecule has 0 saturated carbocycles. The van der Waals surface area contributed by atoms with Crippen LogP contribution < -0.4 is 10.1 Å². The van der Waals surface area contributed by atoms with Crippen LogP contribution in [0.25, 0.3) is 0 Å². The molecule has 0 radical (unpaired) electrons. The van der Waals surface area contributed by atoms with Gasteiger partial charge in [0.05, 0.1) is 12.2 Å². The summed E-state index contributed by atoms with van der Waals surface area (Å²) >= 11 is 0. The number of hydrogen-bond donors (Lipinski definition) is 2. The number of hydrogen-bond acceptors (Lipinski definition) is 3. The Morgan fingerprint density at radius 1 is 1.44 bits per heavy atom. The van der Waals surface area contributed by atoms with Gasteiger partial charge in [0.2, 0.25) is 0 Å². The highest BCUT2D eigenvalue weighted by Gasteiger charge is 2.28. The van der Waals surface area contributed by atoms with Gasteiger partial charge in [-0.1, -0.05) is 25.1 Å². The minimum atomic E-state index is -0.829. The Morgan fingerprint density at radius 3 is 3.06 bits per heavy atom. The first-order valence-electron chi connectivity index (χ1n) is 6.83. The van der Waals surface area contributed by atoms with Crippen LogP contribution >= 0.6 is 0 Å². The normalized spacial score (nSPS) is 17.7. The summed E-state index contributed by atoms with van der Waals surface area (Å²) in [7, 11) is 0. The van der Waals surface area contributed by atoms with Gasteiger partial charge in [0.1, 0.15) is 5.75 Å². The van der Waals surface area contributed by atoms with E-state index >= 15 is 0 Å². The number of aryl methyl sites for hydroxylation is 1. The van der Waals surface area contributed by atoms with Gasteiger partial charge in [0, 0.05) is 5.56 Å². The Bertz CT molecular complexity index is 401. The van der Waals surface area contributed by atoms with E-state index in [1.54, 1.807) is 0 Å². The molecular formula is C15H23NO2. The first-order valence-corrected chi connectivity index (χ1v) is 6.83. The maximum absolute atomic E-state index is 10.6. The molecule has 0 fully saturated rings. The Morgan fingerprint density at radius 2 is 2.28 bits per heavy atom. The summed E-state index contributed by atoms with van der Waals surface area (Å²) in [5.74, 6) is 0.908. The quantitative estimate of drug-likeness (QED) is 0.786. The second kappa shape index (κ2) is 5.72. The van der Waals surface area contributed by atoms with Crippen molar-refractivity contribution in [2.75, 3.05) is 19.7 Å². The van der Waals surface area contributed by atoms with Crippen LogP contribution in [0.15, 0.2) is 18.2 Å². The molecule has 1 aromatic carbocycles. The standard InChI is InChI=1S/C15H23NO2/c1-3-16-10-9-15(2,17)13-8-4-6-12-7-5-11-18-14(12)13/h4,6,8,16-17H,3,5,7,9-11H2,1-2H3. The summed E-state index contributed by atoms with van der Waals surface area (Å²) in [5.41, 5.74) is 1.32. The minimum absolute atomic E-state index is 0.695. The molecule has 1 aromatic rings. The third kappa shape index (κ3) is 2.85. The van der Waals surface area contributed by atoms with Gasteiger partial charge in [-0.3, -0.25) is 0 Å². The number of ether oxygens (including phenoxy) is 1. The molecule has 1 atom stereocenters. The molecule has 0 spiro atoms. The van der Waals surface area contributed by atoms with Gasteiger partial charge in [-0.25, -0.2) is 0 Å². The molecule has 0 aromatic heterocycles. The van der Waals surface area contributed by atoms with Crippen molar-refractivity contribution in [3.63, 3.8) is 0 Å². The number of nitrogens with one attached hydrogen (secondary N) is 1. The zero-order chi connectivity index (χ0) is 13.0. The van der Waals surface area contributed by atoms with Crippen molar-refractivity contribution in [3.05, 3.63) is 29.3 Å². The monoisotopic (exact) mass is 249 g/mol. The maximum atomic E-state index is 10.6. The molecule has 18 heavy (non-hydrogen) atoms. The van der Waals surface area contributed by atoms with Crippen LogP contribution in [-0.4, -0.2) is 24.8 Å². The van der Waals surface area contributed by atoms with E-state index in [1.165, 1.54) is 5.56 Å². The molecule has 3 nitrogen and oxygen atoms in total. The lowest BCUT2D eigenvalue weighted by molar-refractivity contribution is 0.0443. The molecule has 1 aliphatic heterocycles. The van der Waals surface area contributed by atoms with E-state index in [1.807, 2.05) is 19.1 Å². The van der Waals surface area contributed by atoms with E-state index in [4.69, 9.17) is 4.74 Å². The maximum Gasteiger partial charge on any atom is 0.128 e. The Kier molecular flexibility index (Phi) is 4.25. The summed E-state index contributed by atoms with van der Waals surface area (Å²) in [5, 5.41) is 13.9. The summed E-state index contributed by atoms with van der Waals surface area (Å²) in [4.78, 5) is 0. The van der Waals surface area contributed by atoms with E-state index in [9.17, 15) is 5.11 Å². The van der Waals surface area contributed by atoms with Crippen LogP contribution in [0.4, 0.5) is 0 Å². The van der Waals surface area contributed by atoms with Crippen molar-refractivity contribution >= 4 is 0 Å². The summed E-state index contributed by atoms with van der Waals surface area (Å²) in [6.45, 7) is 6.44. The third-order valence-corrected chi connectivity index (χ3v) is 3.55. The molecule has 3 heteroatoms. The minimum Gasteiger partial charge on any atom is -0.493 e. The molecular weight excluding hydrogens is 226 g/mol. The van der Waals surface area contributed by atoms with Crippen LogP contribution in [0.1, 0.15) is 37.8 Å². The number of benzene rings is 1. The molecule has 1 aliphatic rings. The third-order valence-electron chi connectivity index (χ3n) is 3.55. The zero-order valence-corrected chi connectivity index (χ0v) is 11.3. The van der Waals surface area contributed by atoms with Crippen LogP contribution in [0.2, 0.25) is 0 Å². The van der Waals surface area contributed by atoms with Crippen molar-refractivity contribution in [1.29, 1.82) is 0 Å². The lowest BCUT2D eigenvalue weighted by Gasteiger charge is -2.29. The van der Waals surface area contributed by atoms with Gasteiger partial charge in [-0.15, -0.1) is 0 Å². The van der Waals surface area contributed by atoms with Crippen molar-refractivity contribution in [2.24, 2.45) is 0 Å². The fourth-order valence-electron chi connectivity index (χ4n) is 2.46. The van der Waals surface area contributed by atoms with E-state index in [2.05, 4.69) is 18.3 Å². The average Bonchev–Trinajstić information content (AvgIpc) is 2.38. The molecule has 0 amide bonds. The van der Waals surface area contributed by atoms with Crippen molar-refractivity contribution in [3.8, 4) is 5.75 Å². The molecule has 100 valence electrons. The van der Waals surface area contributed by atoms with Crippen molar-refractivity contribution < 1.29 is 9.84 Å². The van der Waals surface area contributed by atoms with E-state index in [0.717, 1.165) is 43.9 Å². The Hall–Kier alpha value is -1.06. The first-order chi connectivity index (χ1) is 8.65. The molecule has 2 rings (SSSR count).